The number of nitrogens with zero attached hydrogens (tertiary/aromatic N) is 2. The summed E-state index contributed by atoms with van der Waals surface area (Å²) in [6.07, 6.45) is 0. The predicted octanol–water partition coefficient (Wildman–Crippen LogP) is 0.870. The van der Waals surface area contributed by atoms with E-state index in [0.29, 0.717) is 6.54 Å². The molecule has 0 unspecified atom stereocenters. The van der Waals surface area contributed by atoms with Crippen LogP contribution in [-0.2, 0) is 0 Å². The lowest BCUT2D eigenvalue weighted by Gasteiger charge is -2.27. The molecule has 1 fully saturated rings. The van der Waals surface area contributed by atoms with Gasteiger partial charge in [0.15, 0.2) is 0 Å². The van der Waals surface area contributed by atoms with Gasteiger partial charge in [-0.25, -0.2) is 4.79 Å². The van der Waals surface area contributed by atoms with Gasteiger partial charge in [0.05, 0.1) is 0 Å². The Morgan fingerprint density at radius 1 is 1.43 bits per heavy atom. The molecule has 4 nitrogen and oxygen atoms in total. The number of carbonyl (C=O) groups is 1. The predicted molar refractivity (Wildman–Crippen MR) is 57.1 cm³/mol. The molecular weight excluding hydrogens is 178 g/mol. The van der Waals surface area contributed by atoms with E-state index >= 15 is 0 Å². The first-order valence-electron chi connectivity index (χ1n) is 5.16. The summed E-state index contributed by atoms with van der Waals surface area (Å²) in [5, 5.41) is 0. The summed E-state index contributed by atoms with van der Waals surface area (Å²) in [5.41, 5.74) is 5.58. The van der Waals surface area contributed by atoms with Crippen LogP contribution in [0.2, 0.25) is 0 Å². The van der Waals surface area contributed by atoms with Crippen molar-refractivity contribution in [3.8, 4) is 0 Å². The van der Waals surface area contributed by atoms with Gasteiger partial charge in [0, 0.05) is 31.2 Å². The fourth-order valence-electron chi connectivity index (χ4n) is 1.72. The third-order valence-electron chi connectivity index (χ3n) is 2.35. The SMILES string of the molecule is CC(C)N1CCN(CC(C)(C)N)C1=O. The van der Waals surface area contributed by atoms with Gasteiger partial charge in [0.1, 0.15) is 0 Å². The minimum absolute atomic E-state index is 0.124. The lowest BCUT2D eigenvalue weighted by atomic mass is 10.1. The second kappa shape index (κ2) is 3.77. The van der Waals surface area contributed by atoms with Crippen LogP contribution in [0.4, 0.5) is 4.79 Å². The largest absolute Gasteiger partial charge is 0.324 e. The Balaban J connectivity index is 2.56. The Bertz CT molecular complexity index is 220. The van der Waals surface area contributed by atoms with E-state index in [9.17, 15) is 4.79 Å². The minimum atomic E-state index is -0.303. The zero-order chi connectivity index (χ0) is 10.9. The first-order valence-corrected chi connectivity index (χ1v) is 5.16. The summed E-state index contributed by atoms with van der Waals surface area (Å²) in [7, 11) is 0. The van der Waals surface area contributed by atoms with Crippen molar-refractivity contribution in [2.75, 3.05) is 19.6 Å². The van der Waals surface area contributed by atoms with Crippen LogP contribution in [0.25, 0.3) is 0 Å². The van der Waals surface area contributed by atoms with Crippen molar-refractivity contribution in [1.82, 2.24) is 9.80 Å². The maximum absolute atomic E-state index is 11.8. The first-order chi connectivity index (χ1) is 6.31. The smallest absolute Gasteiger partial charge is 0.320 e. The lowest BCUT2D eigenvalue weighted by molar-refractivity contribution is 0.176. The lowest BCUT2D eigenvalue weighted by Crippen LogP contribution is -2.47. The van der Waals surface area contributed by atoms with Gasteiger partial charge in [-0.3, -0.25) is 0 Å². The van der Waals surface area contributed by atoms with Crippen molar-refractivity contribution in [3.05, 3.63) is 0 Å². The summed E-state index contributed by atoms with van der Waals surface area (Å²) in [4.78, 5) is 15.5. The van der Waals surface area contributed by atoms with E-state index in [4.69, 9.17) is 5.73 Å². The van der Waals surface area contributed by atoms with Crippen LogP contribution in [0.1, 0.15) is 27.7 Å². The van der Waals surface area contributed by atoms with Gasteiger partial charge in [-0.05, 0) is 27.7 Å². The van der Waals surface area contributed by atoms with Crippen LogP contribution in [0.5, 0.6) is 0 Å². The number of carbonyl (C=O) groups excluding carboxylic acids is 1. The van der Waals surface area contributed by atoms with Gasteiger partial charge in [-0.2, -0.15) is 0 Å². The molecule has 2 N–H and O–H groups in total. The molecule has 1 rings (SSSR count). The molecule has 0 atom stereocenters. The molecule has 0 radical (unpaired) electrons. The molecule has 0 spiro atoms. The highest BCUT2D eigenvalue weighted by Gasteiger charge is 2.32. The summed E-state index contributed by atoms with van der Waals surface area (Å²) < 4.78 is 0. The van der Waals surface area contributed by atoms with Crippen molar-refractivity contribution < 1.29 is 4.79 Å². The average molecular weight is 199 g/mol. The third kappa shape index (κ3) is 2.61. The highest BCUT2D eigenvalue weighted by molar-refractivity contribution is 5.76. The van der Waals surface area contributed by atoms with E-state index in [2.05, 4.69) is 0 Å². The molecule has 1 aliphatic rings. The molecule has 14 heavy (non-hydrogen) atoms. The minimum Gasteiger partial charge on any atom is -0.324 e. The molecule has 1 saturated heterocycles. The Labute approximate surface area is 86.0 Å². The zero-order valence-electron chi connectivity index (χ0n) is 9.58. The van der Waals surface area contributed by atoms with E-state index in [1.807, 2.05) is 37.5 Å². The summed E-state index contributed by atoms with van der Waals surface area (Å²) >= 11 is 0. The maximum atomic E-state index is 11.8. The number of hydrogen-bond acceptors (Lipinski definition) is 2. The monoisotopic (exact) mass is 199 g/mol. The Kier molecular flexibility index (Phi) is 3.04. The van der Waals surface area contributed by atoms with Crippen molar-refractivity contribution >= 4 is 6.03 Å². The van der Waals surface area contributed by atoms with E-state index in [1.54, 1.807) is 0 Å². The Morgan fingerprint density at radius 3 is 2.36 bits per heavy atom. The fourth-order valence-corrected chi connectivity index (χ4v) is 1.72. The van der Waals surface area contributed by atoms with Crippen molar-refractivity contribution in [2.45, 2.75) is 39.3 Å². The molecule has 1 heterocycles. The van der Waals surface area contributed by atoms with E-state index in [0.717, 1.165) is 13.1 Å². The highest BCUT2D eigenvalue weighted by atomic mass is 16.2. The van der Waals surface area contributed by atoms with Crippen LogP contribution < -0.4 is 5.73 Å². The third-order valence-corrected chi connectivity index (χ3v) is 2.35. The molecular formula is C10H21N3O. The van der Waals surface area contributed by atoms with Crippen molar-refractivity contribution in [1.29, 1.82) is 0 Å². The number of urea groups is 1. The van der Waals surface area contributed by atoms with Gasteiger partial charge < -0.3 is 15.5 Å². The van der Waals surface area contributed by atoms with Gasteiger partial charge in [0.2, 0.25) is 0 Å². The maximum Gasteiger partial charge on any atom is 0.320 e. The number of rotatable bonds is 3. The van der Waals surface area contributed by atoms with Gasteiger partial charge >= 0.3 is 6.03 Å². The summed E-state index contributed by atoms with van der Waals surface area (Å²) in [5.74, 6) is 0. The van der Waals surface area contributed by atoms with Crippen LogP contribution in [0.15, 0.2) is 0 Å². The standard InChI is InChI=1S/C10H21N3O/c1-8(2)13-6-5-12(9(13)14)7-10(3,4)11/h8H,5-7,11H2,1-4H3. The molecule has 1 aliphatic heterocycles. The van der Waals surface area contributed by atoms with Crippen LogP contribution >= 0.6 is 0 Å². The molecule has 0 aliphatic carbocycles. The van der Waals surface area contributed by atoms with Crippen LogP contribution in [-0.4, -0.2) is 47.0 Å². The van der Waals surface area contributed by atoms with Crippen LogP contribution in [0.3, 0.4) is 0 Å². The van der Waals surface area contributed by atoms with E-state index in [-0.39, 0.29) is 17.6 Å². The topological polar surface area (TPSA) is 49.6 Å². The molecule has 4 heteroatoms. The summed E-state index contributed by atoms with van der Waals surface area (Å²) in [6.45, 7) is 10.2. The normalized spacial score (nSPS) is 18.6. The quantitative estimate of drug-likeness (QED) is 0.733. The number of hydrogen-bond donors (Lipinski definition) is 1. The second-order valence-corrected chi connectivity index (χ2v) is 4.98. The van der Waals surface area contributed by atoms with Crippen molar-refractivity contribution in [2.24, 2.45) is 5.73 Å². The van der Waals surface area contributed by atoms with Crippen molar-refractivity contribution in [3.63, 3.8) is 0 Å². The van der Waals surface area contributed by atoms with E-state index in [1.165, 1.54) is 0 Å². The molecule has 82 valence electrons. The average Bonchev–Trinajstić information content (AvgIpc) is 2.29. The van der Waals surface area contributed by atoms with Gasteiger partial charge in [-0.1, -0.05) is 0 Å². The number of nitrogens with two attached hydrogens (primary N) is 1. The van der Waals surface area contributed by atoms with Gasteiger partial charge in [-0.15, -0.1) is 0 Å². The number of amides is 2. The molecule has 0 aromatic carbocycles. The van der Waals surface area contributed by atoms with Crippen LogP contribution in [0, 0.1) is 0 Å². The molecule has 0 aromatic rings. The zero-order valence-corrected chi connectivity index (χ0v) is 9.58. The molecule has 2 amide bonds. The molecule has 0 bridgehead atoms. The molecule has 0 aromatic heterocycles. The Morgan fingerprint density at radius 2 is 2.00 bits per heavy atom. The highest BCUT2D eigenvalue weighted by Crippen LogP contribution is 2.14. The Hall–Kier alpha value is -0.770. The first kappa shape index (κ1) is 11.3. The van der Waals surface area contributed by atoms with Gasteiger partial charge in [0.25, 0.3) is 0 Å². The fraction of sp³-hybridized carbons (Fsp3) is 0.900. The molecule has 0 saturated carbocycles. The van der Waals surface area contributed by atoms with E-state index < -0.39 is 0 Å². The second-order valence-electron chi connectivity index (χ2n) is 4.98. The summed E-state index contributed by atoms with van der Waals surface area (Å²) in [6, 6.07) is 0.409.